The summed E-state index contributed by atoms with van der Waals surface area (Å²) in [5, 5.41) is 3.31. The number of pyridine rings is 1. The second kappa shape index (κ2) is 5.40. The number of aromatic nitrogens is 1. The summed E-state index contributed by atoms with van der Waals surface area (Å²) in [5.41, 5.74) is 9.87. The first-order chi connectivity index (χ1) is 8.72. The van der Waals surface area contributed by atoms with Crippen LogP contribution in [0.2, 0.25) is 0 Å². The van der Waals surface area contributed by atoms with Crippen molar-refractivity contribution in [2.24, 2.45) is 0 Å². The number of nitrogens with two attached hydrogens (primary N) is 1. The van der Waals surface area contributed by atoms with Gasteiger partial charge in [-0.2, -0.15) is 0 Å². The molecule has 0 radical (unpaired) electrons. The standard InChI is InChI=1S/C14H17N3O/c1-10-8-16-7-6-11(10)9-17-12-4-3-5-13(18-2)14(12)15/h3-8,17H,9,15H2,1-2H3. The Kier molecular flexibility index (Phi) is 3.67. The molecule has 18 heavy (non-hydrogen) atoms. The molecule has 0 aliphatic rings. The molecule has 0 fully saturated rings. The summed E-state index contributed by atoms with van der Waals surface area (Å²) < 4.78 is 5.19. The minimum atomic E-state index is 0.631. The number of para-hydroxylation sites is 1. The van der Waals surface area contributed by atoms with E-state index in [2.05, 4.69) is 10.3 Å². The SMILES string of the molecule is COc1cccc(NCc2ccncc2C)c1N. The van der Waals surface area contributed by atoms with Gasteiger partial charge in [-0.05, 0) is 36.2 Å². The first-order valence-electron chi connectivity index (χ1n) is 5.78. The van der Waals surface area contributed by atoms with E-state index >= 15 is 0 Å². The number of nitrogen functional groups attached to an aromatic ring is 1. The average molecular weight is 243 g/mol. The molecule has 0 spiro atoms. The Labute approximate surface area is 107 Å². The Morgan fingerprint density at radius 3 is 2.89 bits per heavy atom. The number of nitrogens with zero attached hydrogens (tertiary/aromatic N) is 1. The van der Waals surface area contributed by atoms with Crippen molar-refractivity contribution in [3.05, 3.63) is 47.8 Å². The lowest BCUT2D eigenvalue weighted by Crippen LogP contribution is -2.05. The first-order valence-corrected chi connectivity index (χ1v) is 5.78. The third-order valence-corrected chi connectivity index (χ3v) is 2.89. The molecule has 1 aromatic carbocycles. The van der Waals surface area contributed by atoms with Gasteiger partial charge in [-0.25, -0.2) is 0 Å². The van der Waals surface area contributed by atoms with Gasteiger partial charge in [0.2, 0.25) is 0 Å². The molecule has 2 rings (SSSR count). The zero-order chi connectivity index (χ0) is 13.0. The van der Waals surface area contributed by atoms with Crippen LogP contribution in [0.5, 0.6) is 5.75 Å². The van der Waals surface area contributed by atoms with Gasteiger partial charge in [-0.1, -0.05) is 6.07 Å². The number of nitrogens with one attached hydrogen (secondary N) is 1. The third kappa shape index (κ3) is 2.53. The van der Waals surface area contributed by atoms with Crippen molar-refractivity contribution in [2.45, 2.75) is 13.5 Å². The van der Waals surface area contributed by atoms with Crippen LogP contribution in [0.3, 0.4) is 0 Å². The Balaban J connectivity index is 2.14. The Morgan fingerprint density at radius 1 is 1.33 bits per heavy atom. The topological polar surface area (TPSA) is 60.2 Å². The Bertz CT molecular complexity index is 540. The van der Waals surface area contributed by atoms with Crippen molar-refractivity contribution in [3.8, 4) is 5.75 Å². The summed E-state index contributed by atoms with van der Waals surface area (Å²) in [7, 11) is 1.61. The van der Waals surface area contributed by atoms with E-state index in [4.69, 9.17) is 10.5 Å². The highest BCUT2D eigenvalue weighted by Crippen LogP contribution is 2.29. The number of benzene rings is 1. The number of hydrogen-bond donors (Lipinski definition) is 2. The van der Waals surface area contributed by atoms with Crippen molar-refractivity contribution in [3.63, 3.8) is 0 Å². The minimum Gasteiger partial charge on any atom is -0.495 e. The second-order valence-corrected chi connectivity index (χ2v) is 4.08. The molecule has 0 atom stereocenters. The van der Waals surface area contributed by atoms with Gasteiger partial charge in [0, 0.05) is 18.9 Å². The molecular weight excluding hydrogens is 226 g/mol. The van der Waals surface area contributed by atoms with E-state index in [1.54, 1.807) is 13.3 Å². The molecule has 0 aliphatic heterocycles. The van der Waals surface area contributed by atoms with Gasteiger partial charge in [0.05, 0.1) is 18.5 Å². The summed E-state index contributed by atoms with van der Waals surface area (Å²) in [5.74, 6) is 0.687. The predicted molar refractivity (Wildman–Crippen MR) is 73.7 cm³/mol. The van der Waals surface area contributed by atoms with Crippen LogP contribution in [0.25, 0.3) is 0 Å². The number of rotatable bonds is 4. The van der Waals surface area contributed by atoms with Crippen molar-refractivity contribution < 1.29 is 4.74 Å². The highest BCUT2D eigenvalue weighted by Gasteiger charge is 2.05. The lowest BCUT2D eigenvalue weighted by atomic mass is 10.1. The third-order valence-electron chi connectivity index (χ3n) is 2.89. The number of aryl methyl sites for hydroxylation is 1. The summed E-state index contributed by atoms with van der Waals surface area (Å²) in [6, 6.07) is 7.70. The van der Waals surface area contributed by atoms with Crippen LogP contribution < -0.4 is 15.8 Å². The number of anilines is 2. The normalized spacial score (nSPS) is 10.1. The average Bonchev–Trinajstić information content (AvgIpc) is 2.39. The van der Waals surface area contributed by atoms with Crippen molar-refractivity contribution >= 4 is 11.4 Å². The molecule has 1 heterocycles. The fourth-order valence-electron chi connectivity index (χ4n) is 1.77. The molecule has 4 heteroatoms. The lowest BCUT2D eigenvalue weighted by Gasteiger charge is -2.13. The molecule has 0 bridgehead atoms. The van der Waals surface area contributed by atoms with Crippen LogP contribution >= 0.6 is 0 Å². The van der Waals surface area contributed by atoms with Crippen LogP contribution in [-0.4, -0.2) is 12.1 Å². The van der Waals surface area contributed by atoms with Gasteiger partial charge in [0.25, 0.3) is 0 Å². The highest BCUT2D eigenvalue weighted by atomic mass is 16.5. The van der Waals surface area contributed by atoms with E-state index < -0.39 is 0 Å². The van der Waals surface area contributed by atoms with E-state index in [0.717, 1.165) is 11.3 Å². The molecule has 0 saturated carbocycles. The molecule has 4 nitrogen and oxygen atoms in total. The van der Waals surface area contributed by atoms with Crippen LogP contribution in [0.4, 0.5) is 11.4 Å². The second-order valence-electron chi connectivity index (χ2n) is 4.08. The predicted octanol–water partition coefficient (Wildman–Crippen LogP) is 2.59. The smallest absolute Gasteiger partial charge is 0.143 e. The number of methoxy groups -OCH3 is 1. The van der Waals surface area contributed by atoms with Crippen LogP contribution in [0, 0.1) is 6.92 Å². The van der Waals surface area contributed by atoms with Gasteiger partial charge in [0.1, 0.15) is 5.75 Å². The molecule has 94 valence electrons. The maximum atomic E-state index is 6.00. The highest BCUT2D eigenvalue weighted by molar-refractivity contribution is 5.72. The van der Waals surface area contributed by atoms with Crippen molar-refractivity contribution in [2.75, 3.05) is 18.2 Å². The minimum absolute atomic E-state index is 0.631. The van der Waals surface area contributed by atoms with E-state index in [9.17, 15) is 0 Å². The van der Waals surface area contributed by atoms with Crippen LogP contribution in [-0.2, 0) is 6.54 Å². The first kappa shape index (κ1) is 12.2. The molecule has 0 aliphatic carbocycles. The summed E-state index contributed by atoms with van der Waals surface area (Å²) >= 11 is 0. The monoisotopic (exact) mass is 243 g/mol. The summed E-state index contributed by atoms with van der Waals surface area (Å²) in [4.78, 5) is 4.07. The van der Waals surface area contributed by atoms with Gasteiger partial charge in [-0.15, -0.1) is 0 Å². The van der Waals surface area contributed by atoms with E-state index in [0.29, 0.717) is 18.0 Å². The summed E-state index contributed by atoms with van der Waals surface area (Å²) in [6.45, 7) is 2.75. The molecule has 2 aromatic rings. The van der Waals surface area contributed by atoms with Gasteiger partial charge >= 0.3 is 0 Å². The van der Waals surface area contributed by atoms with E-state index in [-0.39, 0.29) is 0 Å². The molecule has 0 unspecified atom stereocenters. The maximum Gasteiger partial charge on any atom is 0.143 e. The Hall–Kier alpha value is -2.23. The van der Waals surface area contributed by atoms with Crippen molar-refractivity contribution in [1.29, 1.82) is 0 Å². The fraction of sp³-hybridized carbons (Fsp3) is 0.214. The van der Waals surface area contributed by atoms with E-state index in [1.807, 2.05) is 37.4 Å². The van der Waals surface area contributed by atoms with Gasteiger partial charge in [0.15, 0.2) is 0 Å². The summed E-state index contributed by atoms with van der Waals surface area (Å²) in [6.07, 6.45) is 3.64. The quantitative estimate of drug-likeness (QED) is 0.810. The van der Waals surface area contributed by atoms with Gasteiger partial charge in [-0.3, -0.25) is 4.98 Å². The largest absolute Gasteiger partial charge is 0.495 e. The molecule has 3 N–H and O–H groups in total. The van der Waals surface area contributed by atoms with Gasteiger partial charge < -0.3 is 15.8 Å². The molecule has 0 amide bonds. The molecular formula is C14H17N3O. The fourth-order valence-corrected chi connectivity index (χ4v) is 1.77. The number of ether oxygens (including phenoxy) is 1. The maximum absolute atomic E-state index is 6.00. The molecule has 1 aromatic heterocycles. The van der Waals surface area contributed by atoms with Crippen LogP contribution in [0.1, 0.15) is 11.1 Å². The molecule has 0 saturated heterocycles. The zero-order valence-corrected chi connectivity index (χ0v) is 10.6. The lowest BCUT2D eigenvalue weighted by molar-refractivity contribution is 0.417. The van der Waals surface area contributed by atoms with Crippen LogP contribution in [0.15, 0.2) is 36.7 Å². The number of hydrogen-bond acceptors (Lipinski definition) is 4. The zero-order valence-electron chi connectivity index (χ0n) is 10.6. The van der Waals surface area contributed by atoms with Crippen molar-refractivity contribution in [1.82, 2.24) is 4.98 Å². The van der Waals surface area contributed by atoms with E-state index in [1.165, 1.54) is 5.56 Å². The Morgan fingerprint density at radius 2 is 2.17 bits per heavy atom.